The molecule has 1 heterocycles. The molecule has 0 fully saturated rings. The van der Waals surface area contributed by atoms with E-state index in [2.05, 4.69) is 44.7 Å². The van der Waals surface area contributed by atoms with Gasteiger partial charge in [0.2, 0.25) is 0 Å². The van der Waals surface area contributed by atoms with Gasteiger partial charge in [0, 0.05) is 13.1 Å². The molecule has 0 amide bonds. The predicted octanol–water partition coefficient (Wildman–Crippen LogP) is 3.67. The zero-order valence-electron chi connectivity index (χ0n) is 16.0. The van der Waals surface area contributed by atoms with Crippen LogP contribution in [-0.2, 0) is 19.5 Å². The van der Waals surface area contributed by atoms with Crippen molar-refractivity contribution in [3.63, 3.8) is 0 Å². The number of nitrogens with zero attached hydrogens (tertiary/aromatic N) is 2. The molecule has 0 bridgehead atoms. The van der Waals surface area contributed by atoms with Crippen molar-refractivity contribution < 1.29 is 9.47 Å². The van der Waals surface area contributed by atoms with Gasteiger partial charge in [-0.25, -0.2) is 0 Å². The molecule has 0 aliphatic carbocycles. The highest BCUT2D eigenvalue weighted by Gasteiger charge is 2.09. The Hall–Kier alpha value is -1.80. The van der Waals surface area contributed by atoms with E-state index in [0.717, 1.165) is 41.2 Å². The minimum Gasteiger partial charge on any atom is -0.490 e. The molecule has 0 spiro atoms. The molecule has 8 heteroatoms. The van der Waals surface area contributed by atoms with Crippen LogP contribution in [0, 0.1) is 0 Å². The van der Waals surface area contributed by atoms with E-state index in [1.165, 1.54) is 5.56 Å². The summed E-state index contributed by atoms with van der Waals surface area (Å²) >= 11 is 8.89. The maximum Gasteiger partial charge on any atom is 0.166 e. The zero-order valence-corrected chi connectivity index (χ0v) is 18.5. The molecule has 0 unspecified atom stereocenters. The average Bonchev–Trinajstić information content (AvgIpc) is 3.02. The van der Waals surface area contributed by atoms with Crippen LogP contribution in [0.15, 0.2) is 28.9 Å². The largest absolute Gasteiger partial charge is 0.490 e. The maximum absolute atomic E-state index is 5.67. The Kier molecular flexibility index (Phi) is 8.87. The number of nitrogens with one attached hydrogen (secondary N) is 2. The van der Waals surface area contributed by atoms with Crippen molar-refractivity contribution in [2.24, 2.45) is 0 Å². The SMILES string of the molecule is CCOc1ccc(CCNC(=S)NCc2c(Br)cnn2CC)cc1OCC. The highest BCUT2D eigenvalue weighted by molar-refractivity contribution is 9.10. The quantitative estimate of drug-likeness (QED) is 0.534. The Bertz CT molecular complexity index is 751. The fraction of sp³-hybridized carbons (Fsp3) is 0.474. The highest BCUT2D eigenvalue weighted by atomic mass is 79.9. The molecule has 2 aromatic rings. The standard InChI is InChI=1S/C19H27BrN4O2S/c1-4-24-16(15(20)12-23-24)13-22-19(27)21-10-9-14-7-8-17(25-5-2)18(11-14)26-6-3/h7-8,11-12H,4-6,9-10,13H2,1-3H3,(H2,21,22,27). The van der Waals surface area contributed by atoms with Crippen LogP contribution in [-0.4, -0.2) is 34.7 Å². The van der Waals surface area contributed by atoms with Gasteiger partial charge in [-0.2, -0.15) is 5.10 Å². The molecule has 27 heavy (non-hydrogen) atoms. The molecule has 0 radical (unpaired) electrons. The van der Waals surface area contributed by atoms with Crippen LogP contribution in [0.25, 0.3) is 0 Å². The zero-order chi connectivity index (χ0) is 19.6. The molecule has 0 saturated carbocycles. The van der Waals surface area contributed by atoms with Crippen LogP contribution < -0.4 is 20.1 Å². The number of aromatic nitrogens is 2. The topological polar surface area (TPSA) is 60.3 Å². The van der Waals surface area contributed by atoms with E-state index in [-0.39, 0.29) is 0 Å². The number of halogens is 1. The number of hydrogen-bond donors (Lipinski definition) is 2. The molecule has 148 valence electrons. The third-order valence-corrected chi connectivity index (χ3v) is 4.87. The van der Waals surface area contributed by atoms with Crippen LogP contribution in [0.5, 0.6) is 11.5 Å². The number of hydrogen-bond acceptors (Lipinski definition) is 4. The van der Waals surface area contributed by atoms with Gasteiger partial charge >= 0.3 is 0 Å². The van der Waals surface area contributed by atoms with E-state index in [0.29, 0.717) is 24.9 Å². The van der Waals surface area contributed by atoms with Gasteiger partial charge in [0.1, 0.15) is 0 Å². The number of benzene rings is 1. The highest BCUT2D eigenvalue weighted by Crippen LogP contribution is 2.28. The lowest BCUT2D eigenvalue weighted by molar-refractivity contribution is 0.287. The van der Waals surface area contributed by atoms with E-state index in [1.807, 2.05) is 30.7 Å². The smallest absolute Gasteiger partial charge is 0.166 e. The summed E-state index contributed by atoms with van der Waals surface area (Å²) in [6, 6.07) is 6.05. The Morgan fingerprint density at radius 2 is 1.89 bits per heavy atom. The lowest BCUT2D eigenvalue weighted by Crippen LogP contribution is -2.36. The lowest BCUT2D eigenvalue weighted by Gasteiger charge is -2.14. The summed E-state index contributed by atoms with van der Waals surface area (Å²) in [5, 5.41) is 11.4. The molecule has 2 N–H and O–H groups in total. The predicted molar refractivity (Wildman–Crippen MR) is 116 cm³/mol. The fourth-order valence-electron chi connectivity index (χ4n) is 2.63. The van der Waals surface area contributed by atoms with Crippen molar-refractivity contribution in [1.82, 2.24) is 20.4 Å². The molecular formula is C19H27BrN4O2S. The van der Waals surface area contributed by atoms with E-state index in [1.54, 1.807) is 6.20 Å². The second-order valence-corrected chi connectivity index (χ2v) is 7.02. The van der Waals surface area contributed by atoms with E-state index in [4.69, 9.17) is 21.7 Å². The average molecular weight is 455 g/mol. The summed E-state index contributed by atoms with van der Waals surface area (Å²) in [5.74, 6) is 1.57. The monoisotopic (exact) mass is 454 g/mol. The van der Waals surface area contributed by atoms with Crippen LogP contribution in [0.2, 0.25) is 0 Å². The minimum atomic E-state index is 0.611. The Morgan fingerprint density at radius 3 is 2.59 bits per heavy atom. The van der Waals surface area contributed by atoms with Crippen LogP contribution in [0.3, 0.4) is 0 Å². The van der Waals surface area contributed by atoms with Gasteiger partial charge in [0.15, 0.2) is 16.6 Å². The minimum absolute atomic E-state index is 0.611. The van der Waals surface area contributed by atoms with Crippen molar-refractivity contribution in [2.75, 3.05) is 19.8 Å². The number of aryl methyl sites for hydroxylation is 1. The molecule has 0 saturated heterocycles. The van der Waals surface area contributed by atoms with Crippen molar-refractivity contribution >= 4 is 33.3 Å². The molecule has 0 aliphatic heterocycles. The molecule has 2 rings (SSSR count). The van der Waals surface area contributed by atoms with Gasteiger partial charge in [0.05, 0.1) is 36.1 Å². The third-order valence-electron chi connectivity index (χ3n) is 3.92. The Balaban J connectivity index is 1.82. The van der Waals surface area contributed by atoms with Crippen molar-refractivity contribution in [3.8, 4) is 11.5 Å². The van der Waals surface area contributed by atoms with Crippen LogP contribution in [0.4, 0.5) is 0 Å². The first-order valence-corrected chi connectivity index (χ1v) is 10.4. The van der Waals surface area contributed by atoms with E-state index < -0.39 is 0 Å². The molecule has 1 aromatic heterocycles. The van der Waals surface area contributed by atoms with Gasteiger partial charge in [0.25, 0.3) is 0 Å². The molecule has 0 atom stereocenters. The second-order valence-electron chi connectivity index (χ2n) is 5.76. The first-order valence-electron chi connectivity index (χ1n) is 9.19. The summed E-state index contributed by atoms with van der Waals surface area (Å²) < 4.78 is 14.2. The van der Waals surface area contributed by atoms with Gasteiger partial charge < -0.3 is 20.1 Å². The number of rotatable bonds is 10. The van der Waals surface area contributed by atoms with Gasteiger partial charge in [-0.1, -0.05) is 6.07 Å². The summed E-state index contributed by atoms with van der Waals surface area (Å²) in [4.78, 5) is 0. The van der Waals surface area contributed by atoms with Crippen LogP contribution in [0.1, 0.15) is 32.0 Å². The van der Waals surface area contributed by atoms with E-state index >= 15 is 0 Å². The number of thiocarbonyl (C=S) groups is 1. The van der Waals surface area contributed by atoms with Crippen LogP contribution >= 0.6 is 28.1 Å². The Morgan fingerprint density at radius 1 is 1.15 bits per heavy atom. The van der Waals surface area contributed by atoms with Gasteiger partial charge in [-0.3, -0.25) is 4.68 Å². The third kappa shape index (κ3) is 6.39. The first-order chi connectivity index (χ1) is 13.1. The molecule has 0 aliphatic rings. The number of ether oxygens (including phenoxy) is 2. The molecule has 1 aromatic carbocycles. The molecule has 6 nitrogen and oxygen atoms in total. The van der Waals surface area contributed by atoms with Crippen molar-refractivity contribution in [1.29, 1.82) is 0 Å². The summed E-state index contributed by atoms with van der Waals surface area (Å²) in [6.07, 6.45) is 2.64. The lowest BCUT2D eigenvalue weighted by atomic mass is 10.1. The second kappa shape index (κ2) is 11.1. The maximum atomic E-state index is 5.67. The van der Waals surface area contributed by atoms with Crippen molar-refractivity contribution in [3.05, 3.63) is 40.1 Å². The summed E-state index contributed by atoms with van der Waals surface area (Å²) in [7, 11) is 0. The summed E-state index contributed by atoms with van der Waals surface area (Å²) in [6.45, 7) is 9.41. The first kappa shape index (κ1) is 21.5. The van der Waals surface area contributed by atoms with E-state index in [9.17, 15) is 0 Å². The van der Waals surface area contributed by atoms with Gasteiger partial charge in [-0.15, -0.1) is 0 Å². The van der Waals surface area contributed by atoms with Gasteiger partial charge in [-0.05, 0) is 73.0 Å². The Labute approximate surface area is 174 Å². The molecular weight excluding hydrogens is 428 g/mol. The fourth-order valence-corrected chi connectivity index (χ4v) is 3.24. The van der Waals surface area contributed by atoms with Crippen molar-refractivity contribution in [2.45, 2.75) is 40.3 Å². The normalized spacial score (nSPS) is 10.5. The summed E-state index contributed by atoms with van der Waals surface area (Å²) in [5.41, 5.74) is 2.25.